The van der Waals surface area contributed by atoms with Crippen LogP contribution in [0.1, 0.15) is 11.9 Å². The molecule has 76 valence electrons. The van der Waals surface area contributed by atoms with E-state index in [1.54, 1.807) is 7.05 Å². The van der Waals surface area contributed by atoms with Gasteiger partial charge in [-0.25, -0.2) is 4.68 Å². The Morgan fingerprint density at radius 1 is 1.50 bits per heavy atom. The predicted molar refractivity (Wildman–Crippen MR) is 45.0 cm³/mol. The molecule has 3 unspecified atom stereocenters. The summed E-state index contributed by atoms with van der Waals surface area (Å²) in [6.07, 6.45) is -0.533. The van der Waals surface area contributed by atoms with Crippen LogP contribution in [-0.4, -0.2) is 38.5 Å². The van der Waals surface area contributed by atoms with Crippen LogP contribution in [-0.2, 0) is 11.8 Å². The van der Waals surface area contributed by atoms with Crippen LogP contribution in [0.15, 0.2) is 0 Å². The van der Waals surface area contributed by atoms with E-state index in [1.807, 2.05) is 0 Å². The number of ether oxygens (including phenoxy) is 1. The van der Waals surface area contributed by atoms with E-state index in [9.17, 15) is 5.11 Å². The van der Waals surface area contributed by atoms with Crippen LogP contribution in [0.4, 0.5) is 0 Å². The summed E-state index contributed by atoms with van der Waals surface area (Å²) in [5.41, 5.74) is 0. The minimum Gasteiger partial charge on any atom is -0.385 e. The third-order valence-electron chi connectivity index (χ3n) is 3.30. The number of aromatic nitrogens is 4. The highest BCUT2D eigenvalue weighted by Crippen LogP contribution is 2.56. The maximum Gasteiger partial charge on any atom is 0.180 e. The van der Waals surface area contributed by atoms with Gasteiger partial charge in [-0.15, -0.1) is 5.10 Å². The summed E-state index contributed by atoms with van der Waals surface area (Å²) in [5, 5.41) is 21.1. The Morgan fingerprint density at radius 2 is 2.21 bits per heavy atom. The number of aryl methyl sites for hydroxylation is 1. The van der Waals surface area contributed by atoms with Crippen molar-refractivity contribution < 1.29 is 9.84 Å². The van der Waals surface area contributed by atoms with Crippen LogP contribution in [0.2, 0.25) is 0 Å². The van der Waals surface area contributed by atoms with Crippen LogP contribution in [0.3, 0.4) is 0 Å². The second kappa shape index (κ2) is 2.74. The Morgan fingerprint density at radius 3 is 2.79 bits per heavy atom. The van der Waals surface area contributed by atoms with E-state index in [-0.39, 0.29) is 0 Å². The molecule has 3 atom stereocenters. The first-order valence-corrected chi connectivity index (χ1v) is 4.77. The van der Waals surface area contributed by atoms with Crippen molar-refractivity contribution in [1.82, 2.24) is 20.2 Å². The fraction of sp³-hybridized carbons (Fsp3) is 0.875. The SMILES string of the molecule is Cn1nnnc1C(O)C1C2COCC21. The molecule has 2 heterocycles. The number of aliphatic hydroxyl groups excluding tert-OH is 1. The zero-order valence-corrected chi connectivity index (χ0v) is 7.87. The number of nitrogens with zero attached hydrogens (tertiary/aromatic N) is 4. The van der Waals surface area contributed by atoms with Gasteiger partial charge in [-0.2, -0.15) is 0 Å². The van der Waals surface area contributed by atoms with Gasteiger partial charge < -0.3 is 9.84 Å². The molecule has 0 bridgehead atoms. The number of rotatable bonds is 2. The lowest BCUT2D eigenvalue weighted by Gasteiger charge is -2.10. The average molecular weight is 196 g/mol. The predicted octanol–water partition coefficient (Wildman–Crippen LogP) is -0.864. The first-order valence-electron chi connectivity index (χ1n) is 4.77. The lowest BCUT2D eigenvalue weighted by atomic mass is 10.1. The summed E-state index contributed by atoms with van der Waals surface area (Å²) in [5.74, 6) is 1.89. The molecule has 0 amide bonds. The molecular weight excluding hydrogens is 184 g/mol. The van der Waals surface area contributed by atoms with Gasteiger partial charge in [0.1, 0.15) is 6.10 Å². The van der Waals surface area contributed by atoms with Gasteiger partial charge in [0, 0.05) is 13.0 Å². The lowest BCUT2D eigenvalue weighted by molar-refractivity contribution is 0.0812. The van der Waals surface area contributed by atoms with Gasteiger partial charge in [0.05, 0.1) is 13.2 Å². The standard InChI is InChI=1S/C8H12N4O2/c1-12-8(9-10-11-12)7(13)6-4-2-14-3-5(4)6/h4-7,13H,2-3H2,1H3. The van der Waals surface area contributed by atoms with E-state index in [1.165, 1.54) is 4.68 Å². The Bertz CT molecular complexity index is 343. The molecule has 1 saturated heterocycles. The largest absolute Gasteiger partial charge is 0.385 e. The highest BCUT2D eigenvalue weighted by molar-refractivity contribution is 5.08. The summed E-state index contributed by atoms with van der Waals surface area (Å²) in [6.45, 7) is 1.55. The first kappa shape index (κ1) is 8.31. The topological polar surface area (TPSA) is 73.1 Å². The molecule has 1 aromatic heterocycles. The summed E-state index contributed by atoms with van der Waals surface area (Å²) in [6, 6.07) is 0. The first-order chi connectivity index (χ1) is 6.79. The molecule has 0 aromatic carbocycles. The van der Waals surface area contributed by atoms with E-state index in [0.717, 1.165) is 13.2 Å². The summed E-state index contributed by atoms with van der Waals surface area (Å²) < 4.78 is 6.79. The van der Waals surface area contributed by atoms with Crippen molar-refractivity contribution in [1.29, 1.82) is 0 Å². The van der Waals surface area contributed by atoms with Crippen molar-refractivity contribution in [2.24, 2.45) is 24.8 Å². The number of tetrazole rings is 1. The molecule has 1 N–H and O–H groups in total. The van der Waals surface area contributed by atoms with Crippen molar-refractivity contribution in [3.63, 3.8) is 0 Å². The number of aliphatic hydroxyl groups is 1. The van der Waals surface area contributed by atoms with Gasteiger partial charge in [0.25, 0.3) is 0 Å². The average Bonchev–Trinajstić information content (AvgIpc) is 2.57. The molecular formula is C8H12N4O2. The fourth-order valence-corrected chi connectivity index (χ4v) is 2.41. The van der Waals surface area contributed by atoms with Crippen molar-refractivity contribution in [2.75, 3.05) is 13.2 Å². The second-order valence-corrected chi connectivity index (χ2v) is 4.05. The second-order valence-electron chi connectivity index (χ2n) is 4.05. The van der Waals surface area contributed by atoms with Gasteiger partial charge in [-0.05, 0) is 22.3 Å². The molecule has 1 aromatic rings. The van der Waals surface area contributed by atoms with Crippen LogP contribution in [0.5, 0.6) is 0 Å². The molecule has 1 aliphatic carbocycles. The third-order valence-corrected chi connectivity index (χ3v) is 3.30. The molecule has 2 fully saturated rings. The van der Waals surface area contributed by atoms with Crippen LogP contribution >= 0.6 is 0 Å². The Hall–Kier alpha value is -1.01. The van der Waals surface area contributed by atoms with Gasteiger partial charge >= 0.3 is 0 Å². The highest BCUT2D eigenvalue weighted by Gasteiger charge is 2.58. The Balaban J connectivity index is 1.78. The van der Waals surface area contributed by atoms with Gasteiger partial charge in [0.15, 0.2) is 5.82 Å². The maximum atomic E-state index is 10.0. The molecule has 6 heteroatoms. The minimum atomic E-state index is -0.533. The van der Waals surface area contributed by atoms with E-state index in [4.69, 9.17) is 4.74 Å². The van der Waals surface area contributed by atoms with Gasteiger partial charge in [-0.3, -0.25) is 0 Å². The minimum absolute atomic E-state index is 0.299. The smallest absolute Gasteiger partial charge is 0.180 e. The number of hydrogen-bond acceptors (Lipinski definition) is 5. The van der Waals surface area contributed by atoms with E-state index >= 15 is 0 Å². The summed E-state index contributed by atoms with van der Waals surface area (Å²) in [7, 11) is 1.74. The Kier molecular flexibility index (Phi) is 1.63. The zero-order valence-electron chi connectivity index (χ0n) is 7.87. The molecule has 0 spiro atoms. The summed E-state index contributed by atoms with van der Waals surface area (Å²) >= 11 is 0. The van der Waals surface area contributed by atoms with Crippen molar-refractivity contribution in [3.8, 4) is 0 Å². The quantitative estimate of drug-likeness (QED) is 0.666. The molecule has 1 saturated carbocycles. The molecule has 14 heavy (non-hydrogen) atoms. The normalized spacial score (nSPS) is 36.9. The van der Waals surface area contributed by atoms with Crippen LogP contribution in [0.25, 0.3) is 0 Å². The van der Waals surface area contributed by atoms with Gasteiger partial charge in [0.2, 0.25) is 0 Å². The van der Waals surface area contributed by atoms with Crippen molar-refractivity contribution in [3.05, 3.63) is 5.82 Å². The molecule has 0 radical (unpaired) electrons. The van der Waals surface area contributed by atoms with Crippen LogP contribution in [0, 0.1) is 17.8 Å². The molecule has 6 nitrogen and oxygen atoms in total. The van der Waals surface area contributed by atoms with E-state index in [0.29, 0.717) is 23.6 Å². The molecule has 2 aliphatic rings. The monoisotopic (exact) mass is 196 g/mol. The molecule has 1 aliphatic heterocycles. The highest BCUT2D eigenvalue weighted by atomic mass is 16.5. The summed E-state index contributed by atoms with van der Waals surface area (Å²) in [4.78, 5) is 0. The fourth-order valence-electron chi connectivity index (χ4n) is 2.41. The number of hydrogen-bond donors (Lipinski definition) is 1. The number of fused-ring (bicyclic) bond motifs is 1. The van der Waals surface area contributed by atoms with Crippen LogP contribution < -0.4 is 0 Å². The lowest BCUT2D eigenvalue weighted by Crippen LogP contribution is -2.13. The van der Waals surface area contributed by atoms with Crippen molar-refractivity contribution >= 4 is 0 Å². The molecule has 3 rings (SSSR count). The van der Waals surface area contributed by atoms with E-state index in [2.05, 4.69) is 15.5 Å². The Labute approximate surface area is 80.9 Å². The maximum absolute atomic E-state index is 10.0. The van der Waals surface area contributed by atoms with Crippen molar-refractivity contribution in [2.45, 2.75) is 6.10 Å². The van der Waals surface area contributed by atoms with Gasteiger partial charge in [-0.1, -0.05) is 0 Å². The zero-order chi connectivity index (χ0) is 9.71. The van der Waals surface area contributed by atoms with E-state index < -0.39 is 6.10 Å². The third kappa shape index (κ3) is 1.01.